The normalized spacial score (nSPS) is 25.0. The molecule has 0 spiro atoms. The van der Waals surface area contributed by atoms with Crippen LogP contribution in [0.2, 0.25) is 0 Å². The van der Waals surface area contributed by atoms with Gasteiger partial charge < -0.3 is 10.2 Å². The quantitative estimate of drug-likeness (QED) is 0.778. The van der Waals surface area contributed by atoms with Gasteiger partial charge in [-0.1, -0.05) is 0 Å². The van der Waals surface area contributed by atoms with Gasteiger partial charge in [0.25, 0.3) is 0 Å². The summed E-state index contributed by atoms with van der Waals surface area (Å²) in [6.07, 6.45) is 3.66. The standard InChI is InChI=1S/C13H18N4O/c18-13-8-15-7-12-10-16(5-6-17(12)13)9-11-1-3-14-4-2-11/h1-4,12,15H,5-10H2. The molecule has 0 aromatic carbocycles. The molecule has 3 heterocycles. The maximum Gasteiger partial charge on any atom is 0.236 e. The van der Waals surface area contributed by atoms with Crippen molar-refractivity contribution in [2.24, 2.45) is 0 Å². The molecule has 96 valence electrons. The first-order valence-corrected chi connectivity index (χ1v) is 6.44. The van der Waals surface area contributed by atoms with E-state index in [0.29, 0.717) is 12.6 Å². The van der Waals surface area contributed by atoms with Gasteiger partial charge in [0.15, 0.2) is 0 Å². The Hall–Kier alpha value is -1.46. The summed E-state index contributed by atoms with van der Waals surface area (Å²) in [6.45, 7) is 5.14. The van der Waals surface area contributed by atoms with Crippen LogP contribution in [-0.2, 0) is 11.3 Å². The topological polar surface area (TPSA) is 48.5 Å². The van der Waals surface area contributed by atoms with E-state index in [1.807, 2.05) is 17.3 Å². The molecular formula is C13H18N4O. The van der Waals surface area contributed by atoms with Crippen LogP contribution in [0.5, 0.6) is 0 Å². The number of carbonyl (C=O) groups excluding carboxylic acids is 1. The van der Waals surface area contributed by atoms with E-state index in [-0.39, 0.29) is 5.91 Å². The van der Waals surface area contributed by atoms with Gasteiger partial charge in [-0.15, -0.1) is 0 Å². The molecule has 2 fully saturated rings. The molecule has 0 saturated carbocycles. The van der Waals surface area contributed by atoms with Gasteiger partial charge in [0, 0.05) is 45.1 Å². The van der Waals surface area contributed by atoms with Crippen LogP contribution in [0.1, 0.15) is 5.56 Å². The second kappa shape index (κ2) is 5.04. The lowest BCUT2D eigenvalue weighted by Gasteiger charge is -2.44. The summed E-state index contributed by atoms with van der Waals surface area (Å²) in [4.78, 5) is 20.2. The summed E-state index contributed by atoms with van der Waals surface area (Å²) in [5.41, 5.74) is 1.29. The van der Waals surface area contributed by atoms with E-state index < -0.39 is 0 Å². The zero-order valence-corrected chi connectivity index (χ0v) is 10.4. The monoisotopic (exact) mass is 246 g/mol. The first-order valence-electron chi connectivity index (χ1n) is 6.44. The van der Waals surface area contributed by atoms with E-state index in [0.717, 1.165) is 32.7 Å². The lowest BCUT2D eigenvalue weighted by molar-refractivity contribution is -0.137. The van der Waals surface area contributed by atoms with Crippen LogP contribution in [0.15, 0.2) is 24.5 Å². The van der Waals surface area contributed by atoms with E-state index in [1.165, 1.54) is 5.56 Å². The largest absolute Gasteiger partial charge is 0.335 e. The molecule has 0 bridgehead atoms. The number of carbonyl (C=O) groups is 1. The SMILES string of the molecule is O=C1CNCC2CN(Cc3ccncc3)CCN12. The minimum Gasteiger partial charge on any atom is -0.335 e. The number of amides is 1. The maximum atomic E-state index is 11.7. The molecule has 1 N–H and O–H groups in total. The van der Waals surface area contributed by atoms with Gasteiger partial charge in [0.1, 0.15) is 0 Å². The third kappa shape index (κ3) is 2.37. The van der Waals surface area contributed by atoms with Crippen LogP contribution in [0.4, 0.5) is 0 Å². The van der Waals surface area contributed by atoms with Crippen molar-refractivity contribution in [3.05, 3.63) is 30.1 Å². The van der Waals surface area contributed by atoms with Crippen molar-refractivity contribution in [3.8, 4) is 0 Å². The average Bonchev–Trinajstić information content (AvgIpc) is 2.40. The Morgan fingerprint density at radius 1 is 1.33 bits per heavy atom. The average molecular weight is 246 g/mol. The van der Waals surface area contributed by atoms with E-state index in [2.05, 4.69) is 27.3 Å². The molecule has 1 atom stereocenters. The molecule has 3 rings (SSSR count). The van der Waals surface area contributed by atoms with Gasteiger partial charge in [-0.25, -0.2) is 0 Å². The molecule has 0 radical (unpaired) electrons. The van der Waals surface area contributed by atoms with E-state index in [1.54, 1.807) is 0 Å². The van der Waals surface area contributed by atoms with Gasteiger partial charge in [0.2, 0.25) is 5.91 Å². The predicted molar refractivity (Wildman–Crippen MR) is 67.9 cm³/mol. The van der Waals surface area contributed by atoms with Crippen molar-refractivity contribution in [2.45, 2.75) is 12.6 Å². The Morgan fingerprint density at radius 2 is 2.17 bits per heavy atom. The number of pyridine rings is 1. The second-order valence-electron chi connectivity index (χ2n) is 4.96. The number of nitrogens with one attached hydrogen (secondary N) is 1. The van der Waals surface area contributed by atoms with E-state index in [9.17, 15) is 4.79 Å². The highest BCUT2D eigenvalue weighted by Gasteiger charge is 2.32. The van der Waals surface area contributed by atoms with Crippen LogP contribution >= 0.6 is 0 Å². The number of hydrogen-bond acceptors (Lipinski definition) is 4. The summed E-state index contributed by atoms with van der Waals surface area (Å²) < 4.78 is 0. The molecule has 5 nitrogen and oxygen atoms in total. The highest BCUT2D eigenvalue weighted by molar-refractivity contribution is 5.79. The van der Waals surface area contributed by atoms with E-state index in [4.69, 9.17) is 0 Å². The highest BCUT2D eigenvalue weighted by Crippen LogP contribution is 2.14. The predicted octanol–water partition coefficient (Wildman–Crippen LogP) is -0.302. The summed E-state index contributed by atoms with van der Waals surface area (Å²) >= 11 is 0. The summed E-state index contributed by atoms with van der Waals surface area (Å²) in [5, 5.41) is 3.19. The lowest BCUT2D eigenvalue weighted by Crippen LogP contribution is -2.63. The molecule has 5 heteroatoms. The van der Waals surface area contributed by atoms with Crippen molar-refractivity contribution in [2.75, 3.05) is 32.7 Å². The van der Waals surface area contributed by atoms with Crippen molar-refractivity contribution >= 4 is 5.91 Å². The first-order chi connectivity index (χ1) is 8.83. The molecule has 2 aliphatic rings. The number of piperazine rings is 2. The number of aromatic nitrogens is 1. The van der Waals surface area contributed by atoms with Crippen molar-refractivity contribution in [3.63, 3.8) is 0 Å². The van der Waals surface area contributed by atoms with Crippen LogP contribution in [0.3, 0.4) is 0 Å². The molecule has 1 amide bonds. The van der Waals surface area contributed by atoms with E-state index >= 15 is 0 Å². The Balaban J connectivity index is 1.62. The zero-order chi connectivity index (χ0) is 12.4. The second-order valence-corrected chi connectivity index (χ2v) is 4.96. The van der Waals surface area contributed by atoms with Gasteiger partial charge in [-0.05, 0) is 17.7 Å². The highest BCUT2D eigenvalue weighted by atomic mass is 16.2. The summed E-state index contributed by atoms with van der Waals surface area (Å²) in [6, 6.07) is 4.44. The Morgan fingerprint density at radius 3 is 3.00 bits per heavy atom. The van der Waals surface area contributed by atoms with Crippen molar-refractivity contribution < 1.29 is 4.79 Å². The molecular weight excluding hydrogens is 228 g/mol. The number of fused-ring (bicyclic) bond motifs is 1. The number of nitrogens with zero attached hydrogens (tertiary/aromatic N) is 3. The lowest BCUT2D eigenvalue weighted by atomic mass is 10.1. The maximum absolute atomic E-state index is 11.7. The Kier molecular flexibility index (Phi) is 3.25. The minimum atomic E-state index is 0.245. The molecule has 1 aromatic rings. The molecule has 2 saturated heterocycles. The summed E-state index contributed by atoms with van der Waals surface area (Å²) in [7, 11) is 0. The minimum absolute atomic E-state index is 0.245. The summed E-state index contributed by atoms with van der Waals surface area (Å²) in [5.74, 6) is 0.245. The van der Waals surface area contributed by atoms with Crippen molar-refractivity contribution in [1.29, 1.82) is 0 Å². The fraction of sp³-hybridized carbons (Fsp3) is 0.538. The first kappa shape index (κ1) is 11.6. The van der Waals surface area contributed by atoms with Crippen LogP contribution < -0.4 is 5.32 Å². The number of hydrogen-bond donors (Lipinski definition) is 1. The molecule has 2 aliphatic heterocycles. The molecule has 0 aliphatic carbocycles. The molecule has 1 aromatic heterocycles. The Bertz CT molecular complexity index is 422. The van der Waals surface area contributed by atoms with Gasteiger partial charge in [-0.3, -0.25) is 14.7 Å². The molecule has 1 unspecified atom stereocenters. The number of rotatable bonds is 2. The van der Waals surface area contributed by atoms with Gasteiger partial charge in [0.05, 0.1) is 12.6 Å². The smallest absolute Gasteiger partial charge is 0.236 e. The van der Waals surface area contributed by atoms with Crippen LogP contribution in [0.25, 0.3) is 0 Å². The Labute approximate surface area is 107 Å². The van der Waals surface area contributed by atoms with Crippen LogP contribution in [0, 0.1) is 0 Å². The third-order valence-electron chi connectivity index (χ3n) is 3.70. The fourth-order valence-electron chi connectivity index (χ4n) is 2.76. The van der Waals surface area contributed by atoms with Gasteiger partial charge >= 0.3 is 0 Å². The van der Waals surface area contributed by atoms with Crippen LogP contribution in [-0.4, -0.2) is 59.5 Å². The third-order valence-corrected chi connectivity index (χ3v) is 3.70. The zero-order valence-electron chi connectivity index (χ0n) is 10.4. The molecule has 18 heavy (non-hydrogen) atoms. The fourth-order valence-corrected chi connectivity index (χ4v) is 2.76. The van der Waals surface area contributed by atoms with Gasteiger partial charge in [-0.2, -0.15) is 0 Å². The van der Waals surface area contributed by atoms with Crippen molar-refractivity contribution in [1.82, 2.24) is 20.1 Å².